The van der Waals surface area contributed by atoms with E-state index < -0.39 is 12.0 Å². The molecule has 82 valence electrons. The third-order valence-electron chi connectivity index (χ3n) is 2.67. The predicted octanol–water partition coefficient (Wildman–Crippen LogP) is 0.588. The van der Waals surface area contributed by atoms with Crippen LogP contribution < -0.4 is 0 Å². The quantitative estimate of drug-likeness (QED) is 0.436. The number of amides is 1. The van der Waals surface area contributed by atoms with Crippen LogP contribution in [0, 0.1) is 5.92 Å². The van der Waals surface area contributed by atoms with E-state index in [0.29, 0.717) is 13.0 Å². The van der Waals surface area contributed by atoms with Crippen molar-refractivity contribution in [1.29, 1.82) is 0 Å². The predicted molar refractivity (Wildman–Crippen MR) is 59.5 cm³/mol. The maximum absolute atomic E-state index is 11.8. The van der Waals surface area contributed by atoms with E-state index in [1.165, 1.54) is 4.90 Å². The monoisotopic (exact) mass is 227 g/mol. The van der Waals surface area contributed by atoms with E-state index >= 15 is 0 Å². The third-order valence-corrected chi connectivity index (χ3v) is 2.85. The van der Waals surface area contributed by atoms with Crippen LogP contribution in [0.5, 0.6) is 0 Å². The summed E-state index contributed by atoms with van der Waals surface area (Å²) in [7, 11) is 5.42. The number of likely N-dealkylation sites (tertiary alicyclic amines) is 1. The normalized spacial score (nSPS) is 22.5. The van der Waals surface area contributed by atoms with Crippen LogP contribution in [-0.2, 0) is 13.8 Å². The Morgan fingerprint density at radius 2 is 2.33 bits per heavy atom. The highest BCUT2D eigenvalue weighted by Crippen LogP contribution is 2.21. The molecule has 1 aliphatic heterocycles. The molecule has 2 radical (unpaired) electrons. The van der Waals surface area contributed by atoms with Crippen molar-refractivity contribution in [3.63, 3.8) is 0 Å². The molecule has 1 aliphatic rings. The summed E-state index contributed by atoms with van der Waals surface area (Å²) >= 11 is 3.46. The molecule has 4 nitrogen and oxygen atoms in total. The summed E-state index contributed by atoms with van der Waals surface area (Å²) in [5.74, 6) is -0.801. The van der Waals surface area contributed by atoms with Crippen molar-refractivity contribution in [2.75, 3.05) is 6.54 Å². The lowest BCUT2D eigenvalue weighted by molar-refractivity contribution is -0.146. The van der Waals surface area contributed by atoms with Gasteiger partial charge >= 0.3 is 5.97 Å². The van der Waals surface area contributed by atoms with E-state index in [9.17, 15) is 9.59 Å². The smallest absolute Gasteiger partial charge is 0.340 e. The highest BCUT2D eigenvalue weighted by molar-refractivity contribution is 7.75. The molecule has 1 heterocycles. The van der Waals surface area contributed by atoms with E-state index in [1.807, 2.05) is 0 Å². The average molecular weight is 227 g/mol. The highest BCUT2D eigenvalue weighted by atomic mass is 32.1. The molecule has 0 spiro atoms. The number of carbonyl (C=O) groups excluding carboxylic acids is 2. The molecule has 2 unspecified atom stereocenters. The van der Waals surface area contributed by atoms with Crippen LogP contribution in [0.2, 0.25) is 6.32 Å². The maximum Gasteiger partial charge on any atom is 0.340 e. The third kappa shape index (κ3) is 2.68. The Bertz CT molecular complexity index is 262. The molecular weight excluding hydrogens is 213 g/mol. The van der Waals surface area contributed by atoms with Crippen LogP contribution in [0.4, 0.5) is 0 Å². The van der Waals surface area contributed by atoms with E-state index in [-0.39, 0.29) is 18.1 Å². The molecule has 1 rings (SSSR count). The van der Waals surface area contributed by atoms with Gasteiger partial charge in [-0.1, -0.05) is 13.2 Å². The van der Waals surface area contributed by atoms with Gasteiger partial charge in [0.1, 0.15) is 6.04 Å². The number of carbonyl (C=O) groups is 2. The Morgan fingerprint density at radius 1 is 1.67 bits per heavy atom. The van der Waals surface area contributed by atoms with Gasteiger partial charge in [0.2, 0.25) is 5.91 Å². The summed E-state index contributed by atoms with van der Waals surface area (Å²) in [6.45, 7) is 2.35. The lowest BCUT2D eigenvalue weighted by atomic mass is 9.91. The van der Waals surface area contributed by atoms with Crippen LogP contribution in [0.3, 0.4) is 0 Å². The van der Waals surface area contributed by atoms with Gasteiger partial charge in [-0.05, 0) is 12.8 Å². The van der Waals surface area contributed by atoms with Crippen molar-refractivity contribution in [3.05, 3.63) is 0 Å². The molecule has 1 amide bonds. The van der Waals surface area contributed by atoms with Crippen LogP contribution in [0.25, 0.3) is 0 Å². The van der Waals surface area contributed by atoms with Gasteiger partial charge in [-0.3, -0.25) is 4.79 Å². The number of thiol groups is 1. The molecule has 0 aliphatic carbocycles. The van der Waals surface area contributed by atoms with Crippen molar-refractivity contribution in [2.24, 2.45) is 5.92 Å². The van der Waals surface area contributed by atoms with Crippen LogP contribution in [0.15, 0.2) is 0 Å². The first-order valence-corrected chi connectivity index (χ1v) is 5.34. The van der Waals surface area contributed by atoms with E-state index in [2.05, 4.69) is 17.1 Å². The molecule has 0 saturated carbocycles. The van der Waals surface area contributed by atoms with Gasteiger partial charge in [0, 0.05) is 25.4 Å². The molecule has 6 heteroatoms. The second kappa shape index (κ2) is 5.44. The lowest BCUT2D eigenvalue weighted by Crippen LogP contribution is -2.43. The molecular formula is C9H14BNO3S. The molecule has 2 atom stereocenters. The Morgan fingerprint density at radius 3 is 2.87 bits per heavy atom. The number of hydrogen-bond acceptors (Lipinski definition) is 4. The minimum atomic E-state index is -0.482. The van der Waals surface area contributed by atoms with Crippen LogP contribution in [0.1, 0.15) is 19.8 Å². The molecule has 0 aromatic carbocycles. The summed E-state index contributed by atoms with van der Waals surface area (Å²) in [6.07, 6.45) is 1.75. The zero-order valence-electron chi connectivity index (χ0n) is 8.68. The van der Waals surface area contributed by atoms with Crippen LogP contribution >= 0.6 is 12.9 Å². The van der Waals surface area contributed by atoms with Crippen molar-refractivity contribution < 1.29 is 13.8 Å². The first-order valence-electron chi connectivity index (χ1n) is 4.97. The van der Waals surface area contributed by atoms with E-state index in [4.69, 9.17) is 7.85 Å². The van der Waals surface area contributed by atoms with E-state index in [0.717, 1.165) is 6.42 Å². The molecule has 1 fully saturated rings. The summed E-state index contributed by atoms with van der Waals surface area (Å²) in [5, 5.41) is 0. The fourth-order valence-electron chi connectivity index (χ4n) is 1.72. The Labute approximate surface area is 96.4 Å². The standard InChI is InChI=1S/C9H14BNO3S/c1-6(5-10)8(12)11-4-2-3-7(11)9(13)14-15/h6-7,15H,2-5H2,1H3. The minimum absolute atomic E-state index is 0.0845. The average Bonchev–Trinajstić information content (AvgIpc) is 2.74. The second-order valence-corrected chi connectivity index (χ2v) is 3.92. The molecule has 0 aromatic heterocycles. The first-order chi connectivity index (χ1) is 7.11. The van der Waals surface area contributed by atoms with Crippen molar-refractivity contribution in [2.45, 2.75) is 32.1 Å². The van der Waals surface area contributed by atoms with Gasteiger partial charge in [-0.25, -0.2) is 4.79 Å². The minimum Gasteiger partial charge on any atom is -0.393 e. The summed E-state index contributed by atoms with van der Waals surface area (Å²) in [6, 6.07) is -0.482. The van der Waals surface area contributed by atoms with Gasteiger partial charge in [-0.2, -0.15) is 0 Å². The zero-order chi connectivity index (χ0) is 11.4. The summed E-state index contributed by atoms with van der Waals surface area (Å²) < 4.78 is 4.36. The Balaban J connectivity index is 2.68. The maximum atomic E-state index is 11.8. The topological polar surface area (TPSA) is 46.6 Å². The van der Waals surface area contributed by atoms with Gasteiger partial charge in [0.15, 0.2) is 0 Å². The fourth-order valence-corrected chi connectivity index (χ4v) is 1.84. The van der Waals surface area contributed by atoms with Gasteiger partial charge in [0.05, 0.1) is 7.85 Å². The van der Waals surface area contributed by atoms with Crippen molar-refractivity contribution >= 4 is 32.6 Å². The van der Waals surface area contributed by atoms with Gasteiger partial charge in [0.25, 0.3) is 0 Å². The zero-order valence-corrected chi connectivity index (χ0v) is 9.57. The number of hydrogen-bond donors (Lipinski definition) is 1. The lowest BCUT2D eigenvalue weighted by Gasteiger charge is -2.25. The Hall–Kier alpha value is -0.645. The molecule has 0 N–H and O–H groups in total. The van der Waals surface area contributed by atoms with Gasteiger partial charge < -0.3 is 9.08 Å². The SMILES string of the molecule is [B]CC(C)C(=O)N1CCCC1C(=O)OS. The fraction of sp³-hybridized carbons (Fsp3) is 0.778. The number of rotatable bonds is 3. The molecule has 0 bridgehead atoms. The highest BCUT2D eigenvalue weighted by Gasteiger charge is 2.36. The van der Waals surface area contributed by atoms with E-state index in [1.54, 1.807) is 6.92 Å². The largest absolute Gasteiger partial charge is 0.393 e. The second-order valence-electron chi connectivity index (χ2n) is 3.74. The van der Waals surface area contributed by atoms with Gasteiger partial charge in [-0.15, -0.1) is 0 Å². The molecule has 1 saturated heterocycles. The first kappa shape index (κ1) is 12.4. The number of nitrogens with zero attached hydrogens (tertiary/aromatic N) is 1. The molecule has 15 heavy (non-hydrogen) atoms. The summed E-state index contributed by atoms with van der Waals surface area (Å²) in [4.78, 5) is 24.7. The Kier molecular flexibility index (Phi) is 4.51. The van der Waals surface area contributed by atoms with Crippen LogP contribution in [-0.4, -0.2) is 37.2 Å². The van der Waals surface area contributed by atoms with Crippen molar-refractivity contribution in [3.8, 4) is 0 Å². The summed E-state index contributed by atoms with van der Waals surface area (Å²) in [5.41, 5.74) is 0. The van der Waals surface area contributed by atoms with Crippen molar-refractivity contribution in [1.82, 2.24) is 4.90 Å². The molecule has 0 aromatic rings.